The molecule has 0 fully saturated rings. The Labute approximate surface area is 235 Å². The topological polar surface area (TPSA) is 51.1 Å². The zero-order valence-corrected chi connectivity index (χ0v) is 22.9. The van der Waals surface area contributed by atoms with Crippen LogP contribution in [0.5, 0.6) is 11.5 Å². The third-order valence-electron chi connectivity index (χ3n) is 5.87. The molecule has 4 aromatic rings. The Hall–Kier alpha value is -3.87. The van der Waals surface area contributed by atoms with Gasteiger partial charge in [-0.05, 0) is 76.5 Å². The lowest BCUT2D eigenvalue weighted by atomic mass is 10.00. The number of hydrogen-bond acceptors (Lipinski definition) is 4. The summed E-state index contributed by atoms with van der Waals surface area (Å²) in [5, 5.41) is 6.83. The summed E-state index contributed by atoms with van der Waals surface area (Å²) in [7, 11) is 0. The monoisotopic (exact) mass is 586 g/mol. The van der Waals surface area contributed by atoms with Crippen LogP contribution in [0.3, 0.4) is 0 Å². The van der Waals surface area contributed by atoms with Crippen molar-refractivity contribution in [3.63, 3.8) is 0 Å². The van der Waals surface area contributed by atoms with Gasteiger partial charge >= 0.3 is 0 Å². The first-order valence-corrected chi connectivity index (χ1v) is 13.3. The zero-order chi connectivity index (χ0) is 26.5. The summed E-state index contributed by atoms with van der Waals surface area (Å²) < 4.78 is 12.8. The van der Waals surface area contributed by atoms with E-state index >= 15 is 0 Å². The van der Waals surface area contributed by atoms with Gasteiger partial charge < -0.3 is 9.47 Å². The van der Waals surface area contributed by atoms with Crippen molar-refractivity contribution in [1.29, 1.82) is 0 Å². The molecule has 0 aliphatic carbocycles. The van der Waals surface area contributed by atoms with E-state index in [-0.39, 0.29) is 5.91 Å². The van der Waals surface area contributed by atoms with E-state index in [1.54, 1.807) is 0 Å². The predicted molar refractivity (Wildman–Crippen MR) is 156 cm³/mol. The molecule has 0 saturated carbocycles. The highest BCUT2D eigenvalue weighted by atomic mass is 79.9. The minimum absolute atomic E-state index is 0.202. The summed E-state index contributed by atoms with van der Waals surface area (Å²) in [6, 6.07) is 30.4. The van der Waals surface area contributed by atoms with Gasteiger partial charge in [0.1, 0.15) is 12.3 Å². The van der Waals surface area contributed by atoms with Crippen LogP contribution < -0.4 is 14.5 Å². The molecule has 0 spiro atoms. The van der Waals surface area contributed by atoms with Crippen molar-refractivity contribution in [3.05, 3.63) is 129 Å². The van der Waals surface area contributed by atoms with Crippen LogP contribution in [0.15, 0.2) is 112 Å². The molecule has 38 heavy (non-hydrogen) atoms. The first-order chi connectivity index (χ1) is 18.5. The maximum atomic E-state index is 13.6. The number of nitrogens with zero attached hydrogens (tertiary/aromatic N) is 2. The number of hydrogen-bond donors (Lipinski definition) is 0. The van der Waals surface area contributed by atoms with Crippen LogP contribution in [0, 0.1) is 0 Å². The highest BCUT2D eigenvalue weighted by Gasteiger charge is 2.32. The Balaban J connectivity index is 1.51. The maximum absolute atomic E-state index is 13.6. The second kappa shape index (κ2) is 11.7. The van der Waals surface area contributed by atoms with Crippen LogP contribution in [0.2, 0.25) is 5.02 Å². The molecule has 0 atom stereocenters. The van der Waals surface area contributed by atoms with E-state index in [0.29, 0.717) is 51.2 Å². The molecule has 1 aliphatic heterocycles. The molecule has 5 nitrogen and oxygen atoms in total. The van der Waals surface area contributed by atoms with Gasteiger partial charge in [0, 0.05) is 10.6 Å². The Kier molecular flexibility index (Phi) is 7.91. The molecule has 1 heterocycles. The number of hydrazone groups is 1. The molecule has 0 N–H and O–H groups in total. The van der Waals surface area contributed by atoms with Gasteiger partial charge in [0.25, 0.3) is 5.91 Å². The van der Waals surface area contributed by atoms with Crippen LogP contribution >= 0.6 is 27.5 Å². The van der Waals surface area contributed by atoms with Crippen LogP contribution in [0.25, 0.3) is 6.08 Å². The second-order valence-electron chi connectivity index (χ2n) is 8.50. The summed E-state index contributed by atoms with van der Waals surface area (Å²) in [6.07, 6.45) is 1.84. The molecular weight excluding hydrogens is 564 g/mol. The van der Waals surface area contributed by atoms with Gasteiger partial charge in [-0.15, -0.1) is 0 Å². The maximum Gasteiger partial charge on any atom is 0.281 e. The van der Waals surface area contributed by atoms with E-state index < -0.39 is 0 Å². The molecule has 1 aliphatic rings. The first-order valence-electron chi connectivity index (χ1n) is 12.1. The number of carbonyl (C=O) groups is 1. The van der Waals surface area contributed by atoms with Crippen molar-refractivity contribution < 1.29 is 14.3 Å². The van der Waals surface area contributed by atoms with E-state index in [0.717, 1.165) is 16.7 Å². The quantitative estimate of drug-likeness (QED) is 0.197. The van der Waals surface area contributed by atoms with Gasteiger partial charge in [-0.3, -0.25) is 4.79 Å². The number of para-hydroxylation sites is 1. The fourth-order valence-electron chi connectivity index (χ4n) is 4.08. The second-order valence-corrected chi connectivity index (χ2v) is 9.79. The Morgan fingerprint density at radius 2 is 1.61 bits per heavy atom. The van der Waals surface area contributed by atoms with Crippen molar-refractivity contribution in [2.45, 2.75) is 13.5 Å². The van der Waals surface area contributed by atoms with Crippen molar-refractivity contribution in [2.75, 3.05) is 11.6 Å². The highest BCUT2D eigenvalue weighted by Crippen LogP contribution is 2.39. The number of carbonyl (C=O) groups excluding carboxylic acids is 1. The fraction of sp³-hybridized carbons (Fsp3) is 0.0968. The number of ether oxygens (including phenoxy) is 2. The van der Waals surface area contributed by atoms with E-state index in [1.165, 1.54) is 5.01 Å². The van der Waals surface area contributed by atoms with E-state index in [2.05, 4.69) is 15.9 Å². The highest BCUT2D eigenvalue weighted by molar-refractivity contribution is 9.10. The average Bonchev–Trinajstić information content (AvgIpc) is 3.26. The molecule has 4 aromatic carbocycles. The molecule has 0 bridgehead atoms. The number of halogens is 2. The fourth-order valence-corrected chi connectivity index (χ4v) is 4.78. The molecule has 0 saturated heterocycles. The van der Waals surface area contributed by atoms with Gasteiger partial charge in [0.05, 0.1) is 22.3 Å². The van der Waals surface area contributed by atoms with Crippen LogP contribution in [0.4, 0.5) is 5.69 Å². The van der Waals surface area contributed by atoms with Crippen molar-refractivity contribution in [3.8, 4) is 11.5 Å². The Morgan fingerprint density at radius 3 is 2.29 bits per heavy atom. The van der Waals surface area contributed by atoms with Gasteiger partial charge in [-0.25, -0.2) is 0 Å². The summed E-state index contributed by atoms with van der Waals surface area (Å²) in [6.45, 7) is 2.73. The van der Waals surface area contributed by atoms with Crippen molar-refractivity contribution >= 4 is 50.9 Å². The van der Waals surface area contributed by atoms with Crippen LogP contribution in [-0.4, -0.2) is 18.2 Å². The van der Waals surface area contributed by atoms with Crippen molar-refractivity contribution in [2.24, 2.45) is 5.10 Å². The molecule has 190 valence electrons. The van der Waals surface area contributed by atoms with Crippen LogP contribution in [-0.2, 0) is 11.4 Å². The van der Waals surface area contributed by atoms with Gasteiger partial charge in [-0.1, -0.05) is 72.3 Å². The van der Waals surface area contributed by atoms with E-state index in [4.69, 9.17) is 26.2 Å². The third kappa shape index (κ3) is 5.67. The Morgan fingerprint density at radius 1 is 0.921 bits per heavy atom. The molecule has 7 heteroatoms. The lowest BCUT2D eigenvalue weighted by Gasteiger charge is -2.15. The zero-order valence-electron chi connectivity index (χ0n) is 20.6. The molecule has 0 aromatic heterocycles. The SMILES string of the molecule is CCOc1cc(/C=C2\C(=O)N(c3ccccc3)N=C2c2ccccc2)cc(Br)c1OCc1ccc(Cl)cc1. The number of amides is 1. The first kappa shape index (κ1) is 25.8. The molecule has 0 unspecified atom stereocenters. The smallest absolute Gasteiger partial charge is 0.281 e. The molecule has 0 radical (unpaired) electrons. The lowest BCUT2D eigenvalue weighted by molar-refractivity contribution is -0.114. The summed E-state index contributed by atoms with van der Waals surface area (Å²) in [4.78, 5) is 13.6. The molecular formula is C31H24BrClN2O3. The summed E-state index contributed by atoms with van der Waals surface area (Å²) >= 11 is 9.65. The van der Waals surface area contributed by atoms with E-state index in [1.807, 2.05) is 110 Å². The molecule has 1 amide bonds. The minimum Gasteiger partial charge on any atom is -0.490 e. The van der Waals surface area contributed by atoms with Crippen molar-refractivity contribution in [1.82, 2.24) is 0 Å². The summed E-state index contributed by atoms with van der Waals surface area (Å²) in [5.74, 6) is 0.961. The van der Waals surface area contributed by atoms with Crippen LogP contribution in [0.1, 0.15) is 23.6 Å². The third-order valence-corrected chi connectivity index (χ3v) is 6.71. The minimum atomic E-state index is -0.202. The van der Waals surface area contributed by atoms with E-state index in [9.17, 15) is 4.79 Å². The largest absolute Gasteiger partial charge is 0.490 e. The van der Waals surface area contributed by atoms with Gasteiger partial charge in [0.15, 0.2) is 11.5 Å². The number of rotatable bonds is 8. The standard InChI is InChI=1S/C31H24BrClN2O3/c1-2-37-28-19-22(18-27(32)30(28)38-20-21-13-15-24(33)16-14-21)17-26-29(23-9-5-3-6-10-23)34-35(31(26)36)25-11-7-4-8-12-25/h3-19H,2,20H2,1H3/b26-17-. The van der Waals surface area contributed by atoms with Gasteiger partial charge in [0.2, 0.25) is 0 Å². The molecule has 5 rings (SSSR count). The normalized spacial score (nSPS) is 14.1. The number of benzene rings is 4. The predicted octanol–water partition coefficient (Wildman–Crippen LogP) is 7.91. The van der Waals surface area contributed by atoms with Gasteiger partial charge in [-0.2, -0.15) is 10.1 Å². The average molecular weight is 588 g/mol. The Bertz CT molecular complexity index is 1500. The number of anilines is 1. The lowest BCUT2D eigenvalue weighted by Crippen LogP contribution is -2.21. The summed E-state index contributed by atoms with van der Waals surface area (Å²) in [5.41, 5.74) is 4.42.